The molecule has 1 fully saturated rings. The molecule has 19 heavy (non-hydrogen) atoms. The molecule has 1 aromatic heterocycles. The van der Waals surface area contributed by atoms with E-state index in [-0.39, 0.29) is 18.4 Å². The highest BCUT2D eigenvalue weighted by Crippen LogP contribution is 2.22. The molecule has 4 N–H and O–H groups in total. The zero-order valence-electron chi connectivity index (χ0n) is 10.5. The van der Waals surface area contributed by atoms with Crippen molar-refractivity contribution >= 4 is 23.3 Å². The number of hydrogen-bond donors (Lipinski definition) is 3. The summed E-state index contributed by atoms with van der Waals surface area (Å²) in [4.78, 5) is 18.0. The number of amides is 1. The lowest BCUT2D eigenvalue weighted by atomic mass is 9.98. The first-order valence-corrected chi connectivity index (χ1v) is 6.55. The Morgan fingerprint density at radius 3 is 3.11 bits per heavy atom. The molecule has 0 saturated carbocycles. The van der Waals surface area contributed by atoms with Crippen molar-refractivity contribution in [2.75, 3.05) is 25.1 Å². The molecule has 2 rings (SSSR count). The highest BCUT2D eigenvalue weighted by Gasteiger charge is 2.24. The molecule has 1 unspecified atom stereocenters. The van der Waals surface area contributed by atoms with Crippen LogP contribution >= 0.6 is 11.6 Å². The number of rotatable bonds is 3. The third-order valence-electron chi connectivity index (χ3n) is 3.29. The van der Waals surface area contributed by atoms with Gasteiger partial charge in [0.2, 0.25) is 0 Å². The van der Waals surface area contributed by atoms with Gasteiger partial charge in [0.15, 0.2) is 5.82 Å². The van der Waals surface area contributed by atoms with Crippen LogP contribution in [-0.4, -0.2) is 40.6 Å². The molecule has 1 aliphatic heterocycles. The third kappa shape index (κ3) is 3.15. The summed E-state index contributed by atoms with van der Waals surface area (Å²) in [6, 6.07) is 1.55. The van der Waals surface area contributed by atoms with E-state index < -0.39 is 0 Å². The van der Waals surface area contributed by atoms with Gasteiger partial charge in [-0.25, -0.2) is 10.8 Å². The minimum Gasteiger partial charge on any atom is -0.396 e. The van der Waals surface area contributed by atoms with Crippen molar-refractivity contribution in [3.63, 3.8) is 0 Å². The van der Waals surface area contributed by atoms with Crippen LogP contribution in [0.15, 0.2) is 12.3 Å². The summed E-state index contributed by atoms with van der Waals surface area (Å²) in [6.45, 7) is 1.38. The van der Waals surface area contributed by atoms with Crippen LogP contribution in [0.4, 0.5) is 5.82 Å². The molecule has 1 atom stereocenters. The highest BCUT2D eigenvalue weighted by atomic mass is 35.5. The van der Waals surface area contributed by atoms with Gasteiger partial charge in [-0.2, -0.15) is 0 Å². The first-order valence-electron chi connectivity index (χ1n) is 6.18. The zero-order chi connectivity index (χ0) is 13.8. The molecule has 104 valence electrons. The Labute approximate surface area is 116 Å². The third-order valence-corrected chi connectivity index (χ3v) is 3.58. The molecule has 0 aromatic carbocycles. The van der Waals surface area contributed by atoms with Gasteiger partial charge < -0.3 is 15.4 Å². The van der Waals surface area contributed by atoms with Crippen LogP contribution in [0, 0.1) is 5.92 Å². The fraction of sp³-hybridized carbons (Fsp3) is 0.500. The largest absolute Gasteiger partial charge is 0.396 e. The van der Waals surface area contributed by atoms with Crippen LogP contribution < -0.4 is 11.3 Å². The number of hydrogen-bond acceptors (Lipinski definition) is 5. The summed E-state index contributed by atoms with van der Waals surface area (Å²) < 4.78 is 0. The first kappa shape index (κ1) is 14.0. The predicted molar refractivity (Wildman–Crippen MR) is 72.8 cm³/mol. The molecule has 0 aliphatic carbocycles. The number of aromatic nitrogens is 1. The molecule has 1 aromatic rings. The molecular weight excluding hydrogens is 268 g/mol. The Hall–Kier alpha value is -1.37. The lowest BCUT2D eigenvalue weighted by molar-refractivity contribution is 0.0620. The topological polar surface area (TPSA) is 91.5 Å². The maximum atomic E-state index is 12.3. The molecule has 7 heteroatoms. The molecule has 2 heterocycles. The maximum Gasteiger partial charge on any atom is 0.255 e. The Morgan fingerprint density at radius 1 is 1.68 bits per heavy atom. The molecule has 1 saturated heterocycles. The van der Waals surface area contributed by atoms with Crippen molar-refractivity contribution in [1.82, 2.24) is 9.88 Å². The molecule has 1 aliphatic rings. The van der Waals surface area contributed by atoms with Gasteiger partial charge in [-0.15, -0.1) is 0 Å². The van der Waals surface area contributed by atoms with Crippen molar-refractivity contribution in [3.05, 3.63) is 22.8 Å². The lowest BCUT2D eigenvalue weighted by Gasteiger charge is -2.31. The van der Waals surface area contributed by atoms with Crippen LogP contribution in [0.5, 0.6) is 0 Å². The molecule has 0 bridgehead atoms. The molecule has 0 spiro atoms. The van der Waals surface area contributed by atoms with Crippen LogP contribution in [0.2, 0.25) is 5.02 Å². The number of carbonyl (C=O) groups excluding carboxylic acids is 1. The smallest absolute Gasteiger partial charge is 0.255 e. The van der Waals surface area contributed by atoms with Gasteiger partial charge in [0.05, 0.1) is 10.6 Å². The number of anilines is 1. The minimum absolute atomic E-state index is 0.110. The Morgan fingerprint density at radius 2 is 2.47 bits per heavy atom. The van der Waals surface area contributed by atoms with E-state index in [1.807, 2.05) is 0 Å². The molecule has 6 nitrogen and oxygen atoms in total. The number of nitrogens with two attached hydrogens (primary N) is 1. The van der Waals surface area contributed by atoms with E-state index in [4.69, 9.17) is 17.4 Å². The van der Waals surface area contributed by atoms with Gasteiger partial charge in [-0.05, 0) is 24.8 Å². The average molecular weight is 285 g/mol. The number of piperidine rings is 1. The number of carbonyl (C=O) groups is 1. The number of nitrogen functional groups attached to an aromatic ring is 1. The quantitative estimate of drug-likeness (QED) is 0.566. The van der Waals surface area contributed by atoms with E-state index >= 15 is 0 Å². The van der Waals surface area contributed by atoms with Crippen LogP contribution in [0.1, 0.15) is 23.2 Å². The van der Waals surface area contributed by atoms with Gasteiger partial charge in [-0.3, -0.25) is 4.79 Å². The fourth-order valence-electron chi connectivity index (χ4n) is 2.24. The number of nitrogens with one attached hydrogen (secondary N) is 1. The van der Waals surface area contributed by atoms with E-state index in [2.05, 4.69) is 10.4 Å². The molecular formula is C12H17ClN4O2. The second kappa shape index (κ2) is 6.18. The Kier molecular flexibility index (Phi) is 4.57. The van der Waals surface area contributed by atoms with E-state index in [1.54, 1.807) is 11.0 Å². The Bertz CT molecular complexity index is 469. The summed E-state index contributed by atoms with van der Waals surface area (Å²) in [5.74, 6) is 5.62. The summed E-state index contributed by atoms with van der Waals surface area (Å²) in [6.07, 6.45) is 3.31. The van der Waals surface area contributed by atoms with Crippen molar-refractivity contribution in [2.24, 2.45) is 11.8 Å². The second-order valence-corrected chi connectivity index (χ2v) is 5.05. The Balaban J connectivity index is 2.12. The summed E-state index contributed by atoms with van der Waals surface area (Å²) >= 11 is 5.95. The van der Waals surface area contributed by atoms with Crippen LogP contribution in [0.3, 0.4) is 0 Å². The summed E-state index contributed by atoms with van der Waals surface area (Å²) in [5, 5.41) is 9.49. The van der Waals surface area contributed by atoms with Crippen LogP contribution in [-0.2, 0) is 0 Å². The van der Waals surface area contributed by atoms with Crippen molar-refractivity contribution < 1.29 is 9.90 Å². The molecule has 0 radical (unpaired) electrons. The maximum absolute atomic E-state index is 12.3. The SMILES string of the molecule is NNc1ncc(C(=O)N2CCCC(CO)C2)cc1Cl. The van der Waals surface area contributed by atoms with E-state index in [0.29, 0.717) is 29.5 Å². The second-order valence-electron chi connectivity index (χ2n) is 4.64. The number of pyridine rings is 1. The standard InChI is InChI=1S/C12H17ClN4O2/c13-10-4-9(5-15-11(10)16-14)12(19)17-3-1-2-8(6-17)7-18/h4-5,8,18H,1-3,6-7,14H2,(H,15,16). The van der Waals surface area contributed by atoms with Gasteiger partial charge >= 0.3 is 0 Å². The average Bonchev–Trinajstić information content (AvgIpc) is 2.46. The number of nitrogens with zero attached hydrogens (tertiary/aromatic N) is 2. The van der Waals surface area contributed by atoms with Gasteiger partial charge in [0, 0.05) is 25.9 Å². The van der Waals surface area contributed by atoms with E-state index in [9.17, 15) is 9.90 Å². The van der Waals surface area contributed by atoms with Crippen LogP contribution in [0.25, 0.3) is 0 Å². The number of aliphatic hydroxyl groups is 1. The number of aliphatic hydroxyl groups excluding tert-OH is 1. The number of halogens is 1. The molecule has 1 amide bonds. The first-order chi connectivity index (χ1) is 9.15. The predicted octanol–water partition coefficient (Wildman–Crippen LogP) is 0.865. The summed E-state index contributed by atoms with van der Waals surface area (Å²) in [5.41, 5.74) is 2.79. The number of likely N-dealkylation sites (tertiary alicyclic amines) is 1. The van der Waals surface area contributed by atoms with E-state index in [1.165, 1.54) is 6.20 Å². The normalized spacial score (nSPS) is 19.3. The zero-order valence-corrected chi connectivity index (χ0v) is 11.2. The fourth-order valence-corrected chi connectivity index (χ4v) is 2.46. The van der Waals surface area contributed by atoms with Gasteiger partial charge in [-0.1, -0.05) is 11.6 Å². The monoisotopic (exact) mass is 284 g/mol. The van der Waals surface area contributed by atoms with Crippen molar-refractivity contribution in [1.29, 1.82) is 0 Å². The van der Waals surface area contributed by atoms with Crippen molar-refractivity contribution in [3.8, 4) is 0 Å². The highest BCUT2D eigenvalue weighted by molar-refractivity contribution is 6.33. The lowest BCUT2D eigenvalue weighted by Crippen LogP contribution is -2.41. The van der Waals surface area contributed by atoms with E-state index in [0.717, 1.165) is 12.8 Å². The van der Waals surface area contributed by atoms with Crippen molar-refractivity contribution in [2.45, 2.75) is 12.8 Å². The minimum atomic E-state index is -0.115. The number of hydrazine groups is 1. The van der Waals surface area contributed by atoms with Gasteiger partial charge in [0.1, 0.15) is 0 Å². The summed E-state index contributed by atoms with van der Waals surface area (Å²) in [7, 11) is 0. The van der Waals surface area contributed by atoms with Gasteiger partial charge in [0.25, 0.3) is 5.91 Å².